The number of ether oxygens (including phenoxy) is 2. The first-order valence-electron chi connectivity index (χ1n) is 8.32. The van der Waals surface area contributed by atoms with Crippen LogP contribution >= 0.6 is 0 Å². The van der Waals surface area contributed by atoms with Gasteiger partial charge >= 0.3 is 6.03 Å². The van der Waals surface area contributed by atoms with E-state index in [1.807, 2.05) is 45.0 Å². The second-order valence-electron chi connectivity index (χ2n) is 6.33. The Kier molecular flexibility index (Phi) is 4.79. The Labute approximate surface area is 147 Å². The SMILES string of the molecule is COc1nc(C)cc(C)c1CNC(=O)Nc1ccc2c(c1)C[C@H](C)O2. The molecule has 3 rings (SSSR count). The standard InChI is InChI=1S/C19H23N3O3/c1-11-7-12(2)21-18(24-4)16(11)10-20-19(23)22-15-5-6-17-14(9-15)8-13(3)25-17/h5-7,9,13H,8,10H2,1-4H3,(H2,20,22,23)/t13-/m0/s1. The number of anilines is 1. The summed E-state index contributed by atoms with van der Waals surface area (Å²) in [5, 5.41) is 5.72. The number of nitrogens with zero attached hydrogens (tertiary/aromatic N) is 1. The number of hydrogen-bond donors (Lipinski definition) is 2. The summed E-state index contributed by atoms with van der Waals surface area (Å²) >= 11 is 0. The van der Waals surface area contributed by atoms with Crippen molar-refractivity contribution in [3.63, 3.8) is 0 Å². The number of rotatable bonds is 4. The molecule has 1 aromatic carbocycles. The zero-order chi connectivity index (χ0) is 18.0. The summed E-state index contributed by atoms with van der Waals surface area (Å²) in [6.45, 7) is 6.27. The van der Waals surface area contributed by atoms with Crippen LogP contribution in [0.15, 0.2) is 24.3 Å². The third kappa shape index (κ3) is 3.84. The van der Waals surface area contributed by atoms with Gasteiger partial charge in [0.2, 0.25) is 5.88 Å². The van der Waals surface area contributed by atoms with E-state index in [1.54, 1.807) is 7.11 Å². The minimum Gasteiger partial charge on any atom is -0.490 e. The summed E-state index contributed by atoms with van der Waals surface area (Å²) in [5.74, 6) is 1.44. The van der Waals surface area contributed by atoms with Crippen LogP contribution in [0.1, 0.15) is 29.3 Å². The van der Waals surface area contributed by atoms with Gasteiger partial charge in [-0.15, -0.1) is 0 Å². The second-order valence-corrected chi connectivity index (χ2v) is 6.33. The van der Waals surface area contributed by atoms with Crippen molar-refractivity contribution >= 4 is 11.7 Å². The van der Waals surface area contributed by atoms with E-state index in [0.29, 0.717) is 12.4 Å². The van der Waals surface area contributed by atoms with Crippen LogP contribution in [0, 0.1) is 13.8 Å². The quantitative estimate of drug-likeness (QED) is 0.894. The van der Waals surface area contributed by atoms with Crippen LogP contribution in [0.5, 0.6) is 11.6 Å². The molecule has 0 saturated heterocycles. The van der Waals surface area contributed by atoms with E-state index in [0.717, 1.165) is 40.2 Å². The summed E-state index contributed by atoms with van der Waals surface area (Å²) < 4.78 is 11.0. The maximum Gasteiger partial charge on any atom is 0.319 e. The zero-order valence-electron chi connectivity index (χ0n) is 15.0. The lowest BCUT2D eigenvalue weighted by atomic mass is 10.1. The Hall–Kier alpha value is -2.76. The van der Waals surface area contributed by atoms with E-state index in [2.05, 4.69) is 15.6 Å². The van der Waals surface area contributed by atoms with Crippen LogP contribution in [0.3, 0.4) is 0 Å². The predicted octanol–water partition coefficient (Wildman–Crippen LogP) is 3.35. The fourth-order valence-corrected chi connectivity index (χ4v) is 3.06. The van der Waals surface area contributed by atoms with Crippen molar-refractivity contribution in [1.82, 2.24) is 10.3 Å². The summed E-state index contributed by atoms with van der Waals surface area (Å²) in [4.78, 5) is 16.6. The van der Waals surface area contributed by atoms with Crippen LogP contribution in [0.25, 0.3) is 0 Å². The predicted molar refractivity (Wildman–Crippen MR) is 96.4 cm³/mol. The number of urea groups is 1. The number of nitrogens with one attached hydrogen (secondary N) is 2. The molecule has 1 atom stereocenters. The van der Waals surface area contributed by atoms with Crippen LogP contribution in [0.2, 0.25) is 0 Å². The molecule has 0 unspecified atom stereocenters. The van der Waals surface area contributed by atoms with Crippen LogP contribution in [0.4, 0.5) is 10.5 Å². The van der Waals surface area contributed by atoms with Crippen molar-refractivity contribution in [2.24, 2.45) is 0 Å². The molecular weight excluding hydrogens is 318 g/mol. The van der Waals surface area contributed by atoms with Crippen molar-refractivity contribution in [1.29, 1.82) is 0 Å². The average molecular weight is 341 g/mol. The Morgan fingerprint density at radius 1 is 1.36 bits per heavy atom. The number of pyridine rings is 1. The molecule has 1 aliphatic rings. The second kappa shape index (κ2) is 7.01. The molecular formula is C19H23N3O3. The van der Waals surface area contributed by atoms with Gasteiger partial charge in [0.15, 0.2) is 0 Å². The van der Waals surface area contributed by atoms with Crippen molar-refractivity contribution in [2.75, 3.05) is 12.4 Å². The summed E-state index contributed by atoms with van der Waals surface area (Å²) in [6, 6.07) is 7.40. The van der Waals surface area contributed by atoms with Crippen molar-refractivity contribution in [3.8, 4) is 11.6 Å². The number of aromatic nitrogens is 1. The van der Waals surface area contributed by atoms with Crippen molar-refractivity contribution in [3.05, 3.63) is 46.6 Å². The molecule has 1 aliphatic heterocycles. The van der Waals surface area contributed by atoms with Gasteiger partial charge in [-0.3, -0.25) is 0 Å². The summed E-state index contributed by atoms with van der Waals surface area (Å²) in [5.41, 5.74) is 4.66. The third-order valence-electron chi connectivity index (χ3n) is 4.21. The molecule has 0 saturated carbocycles. The van der Waals surface area contributed by atoms with Crippen LogP contribution < -0.4 is 20.1 Å². The molecule has 2 heterocycles. The molecule has 0 aliphatic carbocycles. The number of carbonyl (C=O) groups excluding carboxylic acids is 1. The van der Waals surface area contributed by atoms with Gasteiger partial charge in [-0.05, 0) is 56.2 Å². The van der Waals surface area contributed by atoms with E-state index >= 15 is 0 Å². The summed E-state index contributed by atoms with van der Waals surface area (Å²) in [7, 11) is 1.58. The molecule has 2 N–H and O–H groups in total. The monoisotopic (exact) mass is 341 g/mol. The van der Waals surface area contributed by atoms with E-state index in [9.17, 15) is 4.79 Å². The van der Waals surface area contributed by atoms with Gasteiger partial charge in [0.25, 0.3) is 0 Å². The number of amides is 2. The third-order valence-corrected chi connectivity index (χ3v) is 4.21. The molecule has 2 amide bonds. The van der Waals surface area contributed by atoms with Gasteiger partial charge in [-0.25, -0.2) is 9.78 Å². The number of hydrogen-bond acceptors (Lipinski definition) is 4. The van der Waals surface area contributed by atoms with E-state index < -0.39 is 0 Å². The minimum absolute atomic E-state index is 0.184. The van der Waals surface area contributed by atoms with Gasteiger partial charge in [0.05, 0.1) is 13.7 Å². The lowest BCUT2D eigenvalue weighted by Gasteiger charge is -2.13. The van der Waals surface area contributed by atoms with Gasteiger partial charge in [0.1, 0.15) is 11.9 Å². The molecule has 132 valence electrons. The zero-order valence-corrected chi connectivity index (χ0v) is 15.0. The molecule has 1 aromatic heterocycles. The van der Waals surface area contributed by atoms with Crippen molar-refractivity contribution in [2.45, 2.75) is 39.8 Å². The Balaban J connectivity index is 1.64. The highest BCUT2D eigenvalue weighted by molar-refractivity contribution is 5.89. The average Bonchev–Trinajstić information content (AvgIpc) is 2.92. The first kappa shape index (κ1) is 17.1. The fraction of sp³-hybridized carbons (Fsp3) is 0.368. The van der Waals surface area contributed by atoms with E-state index in [-0.39, 0.29) is 12.1 Å². The highest BCUT2D eigenvalue weighted by Gasteiger charge is 2.19. The first-order chi connectivity index (χ1) is 12.0. The molecule has 0 fully saturated rings. The molecule has 0 bridgehead atoms. The number of benzene rings is 1. The van der Waals surface area contributed by atoms with E-state index in [4.69, 9.17) is 9.47 Å². The molecule has 6 nitrogen and oxygen atoms in total. The fourth-order valence-electron chi connectivity index (χ4n) is 3.06. The van der Waals surface area contributed by atoms with Crippen LogP contribution in [-0.2, 0) is 13.0 Å². The largest absolute Gasteiger partial charge is 0.490 e. The first-order valence-corrected chi connectivity index (χ1v) is 8.32. The molecule has 0 radical (unpaired) electrons. The molecule has 25 heavy (non-hydrogen) atoms. The number of carbonyl (C=O) groups is 1. The van der Waals surface area contributed by atoms with Gasteiger partial charge in [-0.2, -0.15) is 0 Å². The maximum atomic E-state index is 12.2. The lowest BCUT2D eigenvalue weighted by molar-refractivity contribution is 0.251. The Bertz CT molecular complexity index is 805. The number of aryl methyl sites for hydroxylation is 2. The maximum absolute atomic E-state index is 12.2. The topological polar surface area (TPSA) is 72.5 Å². The lowest BCUT2D eigenvalue weighted by Crippen LogP contribution is -2.28. The highest BCUT2D eigenvalue weighted by Crippen LogP contribution is 2.31. The summed E-state index contributed by atoms with van der Waals surface area (Å²) in [6.07, 6.45) is 1.04. The van der Waals surface area contributed by atoms with Gasteiger partial charge in [0, 0.05) is 23.4 Å². The number of methoxy groups -OCH3 is 1. The minimum atomic E-state index is -0.269. The normalized spacial score (nSPS) is 15.3. The Morgan fingerprint density at radius 3 is 2.92 bits per heavy atom. The van der Waals surface area contributed by atoms with Gasteiger partial charge < -0.3 is 20.1 Å². The van der Waals surface area contributed by atoms with Crippen molar-refractivity contribution < 1.29 is 14.3 Å². The van der Waals surface area contributed by atoms with E-state index in [1.165, 1.54) is 0 Å². The molecule has 0 spiro atoms. The molecule has 2 aromatic rings. The highest BCUT2D eigenvalue weighted by atomic mass is 16.5. The van der Waals surface area contributed by atoms with Crippen LogP contribution in [-0.4, -0.2) is 24.2 Å². The smallest absolute Gasteiger partial charge is 0.319 e. The number of fused-ring (bicyclic) bond motifs is 1. The molecule has 6 heteroatoms. The van der Waals surface area contributed by atoms with Gasteiger partial charge in [-0.1, -0.05) is 0 Å². The Morgan fingerprint density at radius 2 is 2.16 bits per heavy atom.